The summed E-state index contributed by atoms with van der Waals surface area (Å²) in [6, 6.07) is 5.02. The number of fused-ring (bicyclic) bond motifs is 1. The molecule has 3 fully saturated rings. The fraction of sp³-hybridized carbons (Fsp3) is 0.391. The van der Waals surface area contributed by atoms with E-state index >= 15 is 8.78 Å². The van der Waals surface area contributed by atoms with Crippen molar-refractivity contribution in [1.29, 1.82) is 0 Å². The minimum absolute atomic E-state index is 0.194. The minimum Gasteiger partial charge on any atom is -0.389 e. The fourth-order valence-corrected chi connectivity index (χ4v) is 5.45. The molecule has 1 unspecified atom stereocenters. The van der Waals surface area contributed by atoms with E-state index in [1.807, 2.05) is 0 Å². The summed E-state index contributed by atoms with van der Waals surface area (Å²) in [7, 11) is 0. The van der Waals surface area contributed by atoms with Gasteiger partial charge in [0.25, 0.3) is 11.8 Å². The lowest BCUT2D eigenvalue weighted by Crippen LogP contribution is -2.66. The van der Waals surface area contributed by atoms with Gasteiger partial charge >= 0.3 is 5.92 Å². The van der Waals surface area contributed by atoms with Gasteiger partial charge in [0.1, 0.15) is 11.6 Å². The summed E-state index contributed by atoms with van der Waals surface area (Å²) in [5, 5.41) is 12.7. The van der Waals surface area contributed by atoms with Crippen LogP contribution in [0.15, 0.2) is 36.4 Å². The first-order valence-electron chi connectivity index (χ1n) is 10.3. The maximum Gasteiger partial charge on any atom is 0.350 e. The third-order valence-corrected chi connectivity index (χ3v) is 7.02. The Bertz CT molecular complexity index is 1150. The predicted molar refractivity (Wildman–Crippen MR) is 106 cm³/mol. The van der Waals surface area contributed by atoms with Crippen molar-refractivity contribution in [3.8, 4) is 0 Å². The molecule has 4 atom stereocenters. The highest BCUT2D eigenvalue weighted by molar-refractivity contribution is 6.04. The predicted octanol–water partition coefficient (Wildman–Crippen LogP) is 3.74. The fourth-order valence-electron chi connectivity index (χ4n) is 5.45. The number of hydrogen-bond acceptors (Lipinski definition) is 3. The molecular weight excluding hydrogens is 428 g/mol. The van der Waals surface area contributed by atoms with Gasteiger partial charge in [0.2, 0.25) is 0 Å². The number of nitrogens with zero attached hydrogens (tertiary/aromatic N) is 1. The normalized spacial score (nSPS) is 27.9. The molecule has 3 aliphatic rings. The molecule has 9 heteroatoms. The number of carbonyl (C=O) groups excluding carboxylic acids is 2. The number of aliphatic hydroxyl groups is 1. The molecule has 2 aromatic rings. The Labute approximate surface area is 181 Å². The molecule has 32 heavy (non-hydrogen) atoms. The third kappa shape index (κ3) is 3.02. The Balaban J connectivity index is 1.39. The van der Waals surface area contributed by atoms with E-state index in [9.17, 15) is 23.5 Å². The van der Waals surface area contributed by atoms with Crippen molar-refractivity contribution in [3.63, 3.8) is 0 Å². The zero-order valence-corrected chi connectivity index (χ0v) is 17.0. The summed E-state index contributed by atoms with van der Waals surface area (Å²) in [4.78, 5) is 26.4. The molecule has 168 valence electrons. The van der Waals surface area contributed by atoms with E-state index in [0.29, 0.717) is 12.5 Å². The van der Waals surface area contributed by atoms with Gasteiger partial charge in [-0.1, -0.05) is 0 Å². The van der Waals surface area contributed by atoms with E-state index < -0.39 is 58.2 Å². The molecule has 1 aliphatic heterocycles. The van der Waals surface area contributed by atoms with Crippen LogP contribution in [0, 0.1) is 24.5 Å². The first-order chi connectivity index (χ1) is 15.0. The standard InChI is InChI=1S/C23H20F4N2O3/c1-11-4-15(2-3-18(11)25)28-20(30)12-5-13(7-14(24)6-12)23(26,27)21(31)29-16-8-17-19(29)10-22(17,32)9-16/h2-7,16-17,19,32H,8-10H2,1H3,(H,28,30)/t16-,17?,19-,22+/m0/s1. The van der Waals surface area contributed by atoms with E-state index in [-0.39, 0.29) is 30.0 Å². The first kappa shape index (κ1) is 20.9. The smallest absolute Gasteiger partial charge is 0.350 e. The van der Waals surface area contributed by atoms with Crippen LogP contribution in [0.1, 0.15) is 40.7 Å². The molecular formula is C23H20F4N2O3. The molecule has 5 nitrogen and oxygen atoms in total. The van der Waals surface area contributed by atoms with Crippen molar-refractivity contribution in [2.45, 2.75) is 49.8 Å². The Morgan fingerprint density at radius 1 is 1.16 bits per heavy atom. The van der Waals surface area contributed by atoms with E-state index in [0.717, 1.165) is 23.1 Å². The van der Waals surface area contributed by atoms with Crippen LogP contribution >= 0.6 is 0 Å². The summed E-state index contributed by atoms with van der Waals surface area (Å²) in [5.41, 5.74) is -1.68. The number of likely N-dealkylation sites (tertiary alicyclic amines) is 1. The molecule has 5 rings (SSSR count). The number of halogens is 4. The van der Waals surface area contributed by atoms with Crippen LogP contribution in [-0.4, -0.2) is 39.5 Å². The van der Waals surface area contributed by atoms with Gasteiger partial charge in [-0.3, -0.25) is 9.59 Å². The van der Waals surface area contributed by atoms with Gasteiger partial charge in [0.15, 0.2) is 0 Å². The molecule has 2 bridgehead atoms. The number of rotatable bonds is 4. The Morgan fingerprint density at radius 2 is 1.91 bits per heavy atom. The van der Waals surface area contributed by atoms with Gasteiger partial charge in [-0.25, -0.2) is 8.78 Å². The average molecular weight is 448 g/mol. The van der Waals surface area contributed by atoms with Crippen LogP contribution in [0.4, 0.5) is 23.2 Å². The number of amides is 2. The van der Waals surface area contributed by atoms with Crippen LogP contribution in [0.2, 0.25) is 0 Å². The number of nitrogens with one attached hydrogen (secondary N) is 1. The molecule has 2 N–H and O–H groups in total. The van der Waals surface area contributed by atoms with Crippen LogP contribution in [0.25, 0.3) is 0 Å². The van der Waals surface area contributed by atoms with Gasteiger partial charge < -0.3 is 15.3 Å². The van der Waals surface area contributed by atoms with Crippen LogP contribution < -0.4 is 5.32 Å². The minimum atomic E-state index is -4.04. The summed E-state index contributed by atoms with van der Waals surface area (Å²) >= 11 is 0. The van der Waals surface area contributed by atoms with Crippen molar-refractivity contribution in [3.05, 3.63) is 64.7 Å². The summed E-state index contributed by atoms with van der Waals surface area (Å²) in [5.74, 6) is -8.11. The number of benzene rings is 2. The highest BCUT2D eigenvalue weighted by Gasteiger charge is 2.70. The van der Waals surface area contributed by atoms with Crippen molar-refractivity contribution >= 4 is 17.5 Å². The van der Waals surface area contributed by atoms with Gasteiger partial charge in [0.05, 0.1) is 5.60 Å². The maximum absolute atomic E-state index is 15.2. The van der Waals surface area contributed by atoms with E-state index in [4.69, 9.17) is 0 Å². The van der Waals surface area contributed by atoms with Crippen LogP contribution in [0.3, 0.4) is 0 Å². The molecule has 1 heterocycles. The number of hydrogen-bond donors (Lipinski definition) is 2. The molecule has 0 radical (unpaired) electrons. The van der Waals surface area contributed by atoms with Crippen molar-refractivity contribution < 1.29 is 32.3 Å². The van der Waals surface area contributed by atoms with Crippen molar-refractivity contribution in [2.24, 2.45) is 5.92 Å². The molecule has 0 spiro atoms. The van der Waals surface area contributed by atoms with Gasteiger partial charge in [-0.2, -0.15) is 8.78 Å². The third-order valence-electron chi connectivity index (χ3n) is 7.02. The Kier molecular flexibility index (Phi) is 4.43. The number of aryl methyl sites for hydroxylation is 1. The molecule has 2 saturated carbocycles. The van der Waals surface area contributed by atoms with Crippen molar-refractivity contribution in [1.82, 2.24) is 4.90 Å². The second kappa shape index (κ2) is 6.78. The highest BCUT2D eigenvalue weighted by atomic mass is 19.3. The van der Waals surface area contributed by atoms with Gasteiger partial charge in [0, 0.05) is 34.8 Å². The van der Waals surface area contributed by atoms with Gasteiger partial charge in [-0.15, -0.1) is 0 Å². The quantitative estimate of drug-likeness (QED) is 0.701. The summed E-state index contributed by atoms with van der Waals surface area (Å²) < 4.78 is 57.9. The van der Waals surface area contributed by atoms with E-state index in [1.54, 1.807) is 0 Å². The monoisotopic (exact) mass is 448 g/mol. The number of anilines is 1. The Morgan fingerprint density at radius 3 is 2.53 bits per heavy atom. The molecule has 2 amide bonds. The highest BCUT2D eigenvalue weighted by Crippen LogP contribution is 2.61. The molecule has 2 aliphatic carbocycles. The van der Waals surface area contributed by atoms with Crippen LogP contribution in [0.5, 0.6) is 0 Å². The lowest BCUT2D eigenvalue weighted by molar-refractivity contribution is -0.189. The maximum atomic E-state index is 15.2. The van der Waals surface area contributed by atoms with Crippen molar-refractivity contribution in [2.75, 3.05) is 5.32 Å². The lowest BCUT2D eigenvalue weighted by atomic mass is 9.66. The van der Waals surface area contributed by atoms with E-state index in [2.05, 4.69) is 5.32 Å². The lowest BCUT2D eigenvalue weighted by Gasteiger charge is -2.54. The largest absolute Gasteiger partial charge is 0.389 e. The SMILES string of the molecule is Cc1cc(NC(=O)c2cc(F)cc(C(F)(F)C(=O)N3[C@H]4CC5[C@@H]3C[C@]5(O)C4)c2)ccc1F. The zero-order chi connectivity index (χ0) is 23.0. The number of carbonyl (C=O) groups is 2. The second-order valence-electron chi connectivity index (χ2n) is 9.01. The second-order valence-corrected chi connectivity index (χ2v) is 9.01. The molecule has 0 aromatic heterocycles. The summed E-state index contributed by atoms with van der Waals surface area (Å²) in [6.45, 7) is 1.49. The Hall–Kier alpha value is -2.94. The van der Waals surface area contributed by atoms with E-state index in [1.165, 1.54) is 19.1 Å². The summed E-state index contributed by atoms with van der Waals surface area (Å²) in [6.07, 6.45) is 1.02. The average Bonchev–Trinajstić information content (AvgIpc) is 3.16. The number of alkyl halides is 2. The zero-order valence-electron chi connectivity index (χ0n) is 17.0. The van der Waals surface area contributed by atoms with Crippen LogP contribution in [-0.2, 0) is 10.7 Å². The molecule has 1 saturated heterocycles. The number of piperidine rings is 2. The van der Waals surface area contributed by atoms with Gasteiger partial charge in [-0.05, 0) is 68.1 Å². The molecule has 2 aromatic carbocycles. The topological polar surface area (TPSA) is 69.6 Å². The first-order valence-corrected chi connectivity index (χ1v) is 10.3.